The van der Waals surface area contributed by atoms with Gasteiger partial charge in [-0.25, -0.2) is 27.5 Å². The molecule has 0 aliphatic carbocycles. The van der Waals surface area contributed by atoms with Crippen molar-refractivity contribution in [3.8, 4) is 0 Å². The summed E-state index contributed by atoms with van der Waals surface area (Å²) in [6.45, 7) is 0. The fourth-order valence-corrected chi connectivity index (χ4v) is 2.07. The highest BCUT2D eigenvalue weighted by Crippen LogP contribution is 2.22. The highest BCUT2D eigenvalue weighted by Gasteiger charge is 2.14. The molecule has 1 aromatic heterocycles. The van der Waals surface area contributed by atoms with Crippen molar-refractivity contribution in [2.75, 3.05) is 10.6 Å². The van der Waals surface area contributed by atoms with Gasteiger partial charge in [-0.05, 0) is 24.3 Å². The topological polar surface area (TPSA) is 66.9 Å². The van der Waals surface area contributed by atoms with Crippen LogP contribution >= 0.6 is 0 Å². The van der Waals surface area contributed by atoms with E-state index in [0.717, 1.165) is 36.7 Å². The van der Waals surface area contributed by atoms with Crippen LogP contribution in [0.1, 0.15) is 10.5 Å². The van der Waals surface area contributed by atoms with Crippen molar-refractivity contribution in [1.29, 1.82) is 0 Å². The summed E-state index contributed by atoms with van der Waals surface area (Å²) in [5, 5.41) is 4.63. The molecule has 0 spiro atoms. The van der Waals surface area contributed by atoms with E-state index < -0.39 is 34.9 Å². The molecule has 26 heavy (non-hydrogen) atoms. The van der Waals surface area contributed by atoms with E-state index in [1.54, 1.807) is 0 Å². The van der Waals surface area contributed by atoms with Gasteiger partial charge in [0.25, 0.3) is 5.91 Å². The minimum absolute atomic E-state index is 0.0475. The van der Waals surface area contributed by atoms with Gasteiger partial charge in [-0.15, -0.1) is 0 Å². The molecule has 3 aromatic rings. The fraction of sp³-hybridized carbons (Fsp3) is 0. The first-order chi connectivity index (χ1) is 12.4. The minimum atomic E-state index is -0.959. The highest BCUT2D eigenvalue weighted by atomic mass is 19.1. The molecular weight excluding hydrogens is 352 g/mol. The van der Waals surface area contributed by atoms with Gasteiger partial charge in [0, 0.05) is 12.1 Å². The highest BCUT2D eigenvalue weighted by molar-refractivity contribution is 6.03. The predicted molar refractivity (Wildman–Crippen MR) is 86.0 cm³/mol. The Morgan fingerprint density at radius 1 is 0.885 bits per heavy atom. The molecule has 0 fully saturated rings. The number of hydrogen-bond acceptors (Lipinski definition) is 4. The van der Waals surface area contributed by atoms with Crippen LogP contribution in [0.2, 0.25) is 0 Å². The van der Waals surface area contributed by atoms with Crippen molar-refractivity contribution in [3.05, 3.63) is 77.8 Å². The van der Waals surface area contributed by atoms with E-state index in [-0.39, 0.29) is 17.2 Å². The van der Waals surface area contributed by atoms with Crippen LogP contribution < -0.4 is 10.6 Å². The van der Waals surface area contributed by atoms with Gasteiger partial charge in [-0.2, -0.15) is 0 Å². The van der Waals surface area contributed by atoms with E-state index in [2.05, 4.69) is 20.6 Å². The molecule has 2 N–H and O–H groups in total. The summed E-state index contributed by atoms with van der Waals surface area (Å²) in [4.78, 5) is 19.7. The van der Waals surface area contributed by atoms with Gasteiger partial charge in [0.2, 0.25) is 0 Å². The monoisotopic (exact) mass is 362 g/mol. The lowest BCUT2D eigenvalue weighted by molar-refractivity contribution is 0.102. The number of nitrogens with one attached hydrogen (secondary N) is 2. The Balaban J connectivity index is 1.81. The molecule has 0 unspecified atom stereocenters. The molecule has 1 amide bonds. The summed E-state index contributed by atoms with van der Waals surface area (Å²) in [6.07, 6.45) is 0.997. The molecule has 0 aliphatic heterocycles. The maximum absolute atomic E-state index is 13.7. The van der Waals surface area contributed by atoms with Gasteiger partial charge in [0.15, 0.2) is 0 Å². The molecule has 1 heterocycles. The first-order valence-corrected chi connectivity index (χ1v) is 7.23. The molecule has 2 aromatic carbocycles. The molecule has 0 radical (unpaired) electrons. The Morgan fingerprint density at radius 3 is 2.31 bits per heavy atom. The minimum Gasteiger partial charge on any atom is -0.335 e. The number of carbonyl (C=O) groups is 1. The smallest absolute Gasteiger partial charge is 0.274 e. The SMILES string of the molecule is O=C(Nc1ccc(F)cc1F)c1cc(Nc2c(F)cccc2F)ncn1. The lowest BCUT2D eigenvalue weighted by atomic mass is 10.2. The summed E-state index contributed by atoms with van der Waals surface area (Å²) in [5.74, 6) is -4.30. The average molecular weight is 362 g/mol. The average Bonchev–Trinajstić information content (AvgIpc) is 2.61. The summed E-state index contributed by atoms with van der Waals surface area (Å²) >= 11 is 0. The Hall–Kier alpha value is -3.49. The summed E-state index contributed by atoms with van der Waals surface area (Å²) < 4.78 is 53.8. The Kier molecular flexibility index (Phi) is 4.78. The third-order valence-electron chi connectivity index (χ3n) is 3.29. The van der Waals surface area contributed by atoms with E-state index in [1.807, 2.05) is 0 Å². The second kappa shape index (κ2) is 7.18. The zero-order chi connectivity index (χ0) is 18.7. The summed E-state index contributed by atoms with van der Waals surface area (Å²) in [6, 6.07) is 7.08. The van der Waals surface area contributed by atoms with Crippen LogP contribution in [0.4, 0.5) is 34.8 Å². The van der Waals surface area contributed by atoms with Crippen molar-refractivity contribution in [1.82, 2.24) is 9.97 Å². The second-order valence-corrected chi connectivity index (χ2v) is 5.09. The van der Waals surface area contributed by atoms with Crippen LogP contribution in [0, 0.1) is 23.3 Å². The molecule has 3 rings (SSSR count). The third kappa shape index (κ3) is 3.77. The quantitative estimate of drug-likeness (QED) is 0.688. The van der Waals surface area contributed by atoms with Crippen molar-refractivity contribution in [3.63, 3.8) is 0 Å². The van der Waals surface area contributed by atoms with Crippen LogP contribution in [0.3, 0.4) is 0 Å². The zero-order valence-electron chi connectivity index (χ0n) is 12.9. The lowest BCUT2D eigenvalue weighted by Gasteiger charge is -2.09. The number of amides is 1. The number of para-hydroxylation sites is 1. The number of benzene rings is 2. The van der Waals surface area contributed by atoms with Gasteiger partial charge < -0.3 is 10.6 Å². The first kappa shape index (κ1) is 17.3. The number of nitrogens with zero attached hydrogens (tertiary/aromatic N) is 2. The predicted octanol–water partition coefficient (Wildman–Crippen LogP) is 4.03. The van der Waals surface area contributed by atoms with Gasteiger partial charge in [-0.1, -0.05) is 6.07 Å². The lowest BCUT2D eigenvalue weighted by Crippen LogP contribution is -2.15. The molecule has 0 saturated heterocycles. The van der Waals surface area contributed by atoms with Crippen LogP contribution in [0.15, 0.2) is 48.8 Å². The normalized spacial score (nSPS) is 10.5. The largest absolute Gasteiger partial charge is 0.335 e. The Morgan fingerprint density at radius 2 is 1.62 bits per heavy atom. The van der Waals surface area contributed by atoms with Gasteiger partial charge >= 0.3 is 0 Å². The summed E-state index contributed by atoms with van der Waals surface area (Å²) in [7, 11) is 0. The molecule has 9 heteroatoms. The van der Waals surface area contributed by atoms with E-state index in [1.165, 1.54) is 6.07 Å². The standard InChI is InChI=1S/C17H10F4N4O/c18-9-4-5-13(12(21)6-9)24-17(26)14-7-15(23-8-22-14)25-16-10(19)2-1-3-11(16)20/h1-8H,(H,24,26)(H,22,23,25). The van der Waals surface area contributed by atoms with Crippen LogP contribution in [-0.4, -0.2) is 15.9 Å². The molecule has 0 atom stereocenters. The van der Waals surface area contributed by atoms with Crippen molar-refractivity contribution in [2.45, 2.75) is 0 Å². The fourth-order valence-electron chi connectivity index (χ4n) is 2.07. The molecular formula is C17H10F4N4O. The third-order valence-corrected chi connectivity index (χ3v) is 3.29. The maximum atomic E-state index is 13.7. The molecule has 132 valence electrons. The van der Waals surface area contributed by atoms with Gasteiger partial charge in [0.05, 0.1) is 5.69 Å². The first-order valence-electron chi connectivity index (χ1n) is 7.23. The van der Waals surface area contributed by atoms with E-state index in [9.17, 15) is 22.4 Å². The Bertz CT molecular complexity index is 960. The summed E-state index contributed by atoms with van der Waals surface area (Å²) in [5.41, 5.74) is -0.880. The molecule has 0 aliphatic rings. The maximum Gasteiger partial charge on any atom is 0.274 e. The zero-order valence-corrected chi connectivity index (χ0v) is 12.9. The number of rotatable bonds is 4. The molecule has 5 nitrogen and oxygen atoms in total. The second-order valence-electron chi connectivity index (χ2n) is 5.09. The number of hydrogen-bond donors (Lipinski definition) is 2. The Labute approximate surface area is 144 Å². The number of carbonyl (C=O) groups excluding carboxylic acids is 1. The molecule has 0 bridgehead atoms. The number of anilines is 3. The van der Waals surface area contributed by atoms with Gasteiger partial charge in [0.1, 0.15) is 46.8 Å². The van der Waals surface area contributed by atoms with Crippen molar-refractivity contribution >= 4 is 23.1 Å². The van der Waals surface area contributed by atoms with Gasteiger partial charge in [-0.3, -0.25) is 4.79 Å². The van der Waals surface area contributed by atoms with Crippen LogP contribution in [0.5, 0.6) is 0 Å². The number of aromatic nitrogens is 2. The van der Waals surface area contributed by atoms with Crippen molar-refractivity contribution in [2.24, 2.45) is 0 Å². The van der Waals surface area contributed by atoms with Crippen LogP contribution in [-0.2, 0) is 0 Å². The van der Waals surface area contributed by atoms with E-state index in [4.69, 9.17) is 0 Å². The van der Waals surface area contributed by atoms with Crippen LogP contribution in [0.25, 0.3) is 0 Å². The number of halogens is 4. The molecule has 0 saturated carbocycles. The van der Waals surface area contributed by atoms with Crippen molar-refractivity contribution < 1.29 is 22.4 Å². The van der Waals surface area contributed by atoms with E-state index >= 15 is 0 Å². The van der Waals surface area contributed by atoms with E-state index in [0.29, 0.717) is 6.07 Å².